The highest BCUT2D eigenvalue weighted by atomic mass is 19.1. The molecule has 0 spiro atoms. The quantitative estimate of drug-likeness (QED) is 0.675. The Morgan fingerprint density at radius 3 is 2.42 bits per heavy atom. The van der Waals surface area contributed by atoms with Crippen LogP contribution in [0.3, 0.4) is 0 Å². The average molecular weight is 436 g/mol. The number of rotatable bonds is 7. The van der Waals surface area contributed by atoms with Crippen molar-refractivity contribution in [2.24, 2.45) is 0 Å². The highest BCUT2D eigenvalue weighted by Gasteiger charge is 2.26. The van der Waals surface area contributed by atoms with E-state index in [1.54, 1.807) is 6.07 Å². The lowest BCUT2D eigenvalue weighted by Crippen LogP contribution is -2.55. The maximum atomic E-state index is 13.9. The van der Waals surface area contributed by atoms with Gasteiger partial charge in [0.1, 0.15) is 0 Å². The summed E-state index contributed by atoms with van der Waals surface area (Å²) >= 11 is 0. The summed E-state index contributed by atoms with van der Waals surface area (Å²) in [6, 6.07) is 5.21. The molecule has 0 atom stereocenters. The second-order valence-corrected chi connectivity index (χ2v) is 8.19. The van der Waals surface area contributed by atoms with Crippen LogP contribution in [-0.2, 0) is 11.3 Å². The van der Waals surface area contributed by atoms with Gasteiger partial charge in [-0.25, -0.2) is 9.18 Å². The third-order valence-corrected chi connectivity index (χ3v) is 5.94. The molecular weight excluding hydrogens is 401 g/mol. The van der Waals surface area contributed by atoms with Crippen LogP contribution in [0.15, 0.2) is 18.2 Å². The summed E-state index contributed by atoms with van der Waals surface area (Å²) in [5.74, 6) is -0.0481. The molecule has 0 saturated carbocycles. The van der Waals surface area contributed by atoms with Crippen molar-refractivity contribution in [1.82, 2.24) is 25.3 Å². The summed E-state index contributed by atoms with van der Waals surface area (Å²) in [4.78, 5) is 30.5. The number of ether oxygens (including phenoxy) is 1. The van der Waals surface area contributed by atoms with E-state index >= 15 is 0 Å². The van der Waals surface area contributed by atoms with E-state index in [1.165, 1.54) is 13.2 Å². The monoisotopic (exact) mass is 435 g/mol. The SMILES string of the molecule is CCNC(=O)CN1CCN(C(=O)NC2CCN(Cc3ccc(OC)c(F)c3)CC2)CC1. The molecule has 2 aliphatic rings. The number of hydrogen-bond donors (Lipinski definition) is 2. The number of halogens is 1. The molecule has 8 nitrogen and oxygen atoms in total. The molecule has 0 aromatic heterocycles. The van der Waals surface area contributed by atoms with Gasteiger partial charge in [-0.2, -0.15) is 0 Å². The molecular formula is C22H34FN5O3. The second-order valence-electron chi connectivity index (χ2n) is 8.19. The van der Waals surface area contributed by atoms with Gasteiger partial charge in [-0.1, -0.05) is 6.07 Å². The number of benzene rings is 1. The molecule has 1 aromatic rings. The number of carbonyl (C=O) groups is 2. The molecule has 2 saturated heterocycles. The molecule has 1 aromatic carbocycles. The van der Waals surface area contributed by atoms with Crippen LogP contribution in [0.25, 0.3) is 0 Å². The van der Waals surface area contributed by atoms with E-state index in [0.717, 1.165) is 31.5 Å². The number of nitrogens with one attached hydrogen (secondary N) is 2. The minimum atomic E-state index is -0.340. The summed E-state index contributed by atoms with van der Waals surface area (Å²) in [5.41, 5.74) is 0.922. The van der Waals surface area contributed by atoms with Gasteiger partial charge in [0.25, 0.3) is 0 Å². The van der Waals surface area contributed by atoms with Crippen LogP contribution in [0.1, 0.15) is 25.3 Å². The lowest BCUT2D eigenvalue weighted by atomic mass is 10.0. The third-order valence-electron chi connectivity index (χ3n) is 5.94. The van der Waals surface area contributed by atoms with E-state index in [2.05, 4.69) is 20.4 Å². The summed E-state index contributed by atoms with van der Waals surface area (Å²) in [6.07, 6.45) is 1.75. The van der Waals surface area contributed by atoms with E-state index in [4.69, 9.17) is 4.74 Å². The molecule has 0 bridgehead atoms. The Kier molecular flexibility index (Phi) is 8.48. The van der Waals surface area contributed by atoms with E-state index < -0.39 is 0 Å². The van der Waals surface area contributed by atoms with Crippen molar-refractivity contribution >= 4 is 11.9 Å². The van der Waals surface area contributed by atoms with Gasteiger partial charge in [0.15, 0.2) is 11.6 Å². The van der Waals surface area contributed by atoms with Crippen LogP contribution in [0.4, 0.5) is 9.18 Å². The minimum Gasteiger partial charge on any atom is -0.494 e. The van der Waals surface area contributed by atoms with Crippen LogP contribution in [0.2, 0.25) is 0 Å². The van der Waals surface area contributed by atoms with Gasteiger partial charge in [0, 0.05) is 58.4 Å². The molecule has 9 heteroatoms. The normalized spacial score (nSPS) is 18.6. The van der Waals surface area contributed by atoms with Crippen LogP contribution in [-0.4, -0.2) is 92.1 Å². The first kappa shape index (κ1) is 23.3. The Hall–Kier alpha value is -2.39. The fourth-order valence-corrected chi connectivity index (χ4v) is 4.13. The largest absolute Gasteiger partial charge is 0.494 e. The minimum absolute atomic E-state index is 0.0201. The molecule has 0 radical (unpaired) electrons. The fourth-order valence-electron chi connectivity index (χ4n) is 4.13. The Labute approximate surface area is 183 Å². The first-order valence-corrected chi connectivity index (χ1v) is 11.1. The number of piperidine rings is 1. The smallest absolute Gasteiger partial charge is 0.317 e. The molecule has 172 valence electrons. The number of likely N-dealkylation sites (N-methyl/N-ethyl adjacent to an activating group) is 1. The van der Waals surface area contributed by atoms with Crippen molar-refractivity contribution in [2.45, 2.75) is 32.4 Å². The Bertz CT molecular complexity index is 747. The highest BCUT2D eigenvalue weighted by Crippen LogP contribution is 2.20. The third kappa shape index (κ3) is 6.80. The van der Waals surface area contributed by atoms with Gasteiger partial charge >= 0.3 is 6.03 Å². The van der Waals surface area contributed by atoms with Gasteiger partial charge < -0.3 is 20.3 Å². The number of amides is 3. The van der Waals surface area contributed by atoms with Crippen LogP contribution >= 0.6 is 0 Å². The number of carbonyl (C=O) groups excluding carboxylic acids is 2. The number of urea groups is 1. The zero-order chi connectivity index (χ0) is 22.2. The van der Waals surface area contributed by atoms with Gasteiger partial charge in [-0.05, 0) is 37.5 Å². The van der Waals surface area contributed by atoms with Gasteiger partial charge in [0.2, 0.25) is 5.91 Å². The second kappa shape index (κ2) is 11.3. The van der Waals surface area contributed by atoms with Crippen molar-refractivity contribution in [2.75, 3.05) is 59.5 Å². The van der Waals surface area contributed by atoms with Crippen molar-refractivity contribution in [1.29, 1.82) is 0 Å². The van der Waals surface area contributed by atoms with E-state index in [1.807, 2.05) is 17.9 Å². The number of nitrogens with zero attached hydrogens (tertiary/aromatic N) is 3. The predicted molar refractivity (Wildman–Crippen MR) is 116 cm³/mol. The molecule has 31 heavy (non-hydrogen) atoms. The lowest BCUT2D eigenvalue weighted by Gasteiger charge is -2.37. The molecule has 2 fully saturated rings. The zero-order valence-electron chi connectivity index (χ0n) is 18.5. The first-order chi connectivity index (χ1) is 15.0. The van der Waals surface area contributed by atoms with Crippen molar-refractivity contribution in [3.8, 4) is 5.75 Å². The molecule has 2 heterocycles. The standard InChI is InChI=1S/C22H34FN5O3/c1-3-24-21(29)16-27-10-12-28(13-11-27)22(30)25-18-6-8-26(9-7-18)15-17-4-5-20(31-2)19(23)14-17/h4-5,14,18H,3,6-13,15-16H2,1-2H3,(H,24,29)(H,25,30). The van der Waals surface area contributed by atoms with Gasteiger partial charge in [-0.15, -0.1) is 0 Å². The average Bonchev–Trinajstić information content (AvgIpc) is 2.76. The zero-order valence-corrected chi connectivity index (χ0v) is 18.5. The molecule has 0 unspecified atom stereocenters. The van der Waals surface area contributed by atoms with Gasteiger partial charge in [0.05, 0.1) is 13.7 Å². The summed E-state index contributed by atoms with van der Waals surface area (Å²) in [6.45, 7) is 8.02. The molecule has 2 aliphatic heterocycles. The lowest BCUT2D eigenvalue weighted by molar-refractivity contribution is -0.122. The summed E-state index contributed by atoms with van der Waals surface area (Å²) in [7, 11) is 1.46. The van der Waals surface area contributed by atoms with Gasteiger partial charge in [-0.3, -0.25) is 14.6 Å². The number of methoxy groups -OCH3 is 1. The van der Waals surface area contributed by atoms with E-state index in [0.29, 0.717) is 45.8 Å². The van der Waals surface area contributed by atoms with Crippen molar-refractivity contribution in [3.63, 3.8) is 0 Å². The van der Waals surface area contributed by atoms with Crippen LogP contribution in [0.5, 0.6) is 5.75 Å². The number of likely N-dealkylation sites (tertiary alicyclic amines) is 1. The summed E-state index contributed by atoms with van der Waals surface area (Å²) < 4.78 is 18.9. The number of hydrogen-bond acceptors (Lipinski definition) is 5. The Balaban J connectivity index is 1.36. The maximum absolute atomic E-state index is 13.9. The highest BCUT2D eigenvalue weighted by molar-refractivity contribution is 5.78. The molecule has 3 amide bonds. The Morgan fingerprint density at radius 2 is 1.81 bits per heavy atom. The topological polar surface area (TPSA) is 77.2 Å². The molecule has 3 rings (SSSR count). The van der Waals surface area contributed by atoms with E-state index in [-0.39, 0.29) is 29.5 Å². The molecule has 2 N–H and O–H groups in total. The predicted octanol–water partition coefficient (Wildman–Crippen LogP) is 1.26. The Morgan fingerprint density at radius 1 is 1.10 bits per heavy atom. The van der Waals surface area contributed by atoms with E-state index in [9.17, 15) is 14.0 Å². The molecule has 0 aliphatic carbocycles. The number of piperazine rings is 1. The summed E-state index contributed by atoms with van der Waals surface area (Å²) in [5, 5.41) is 5.97. The van der Waals surface area contributed by atoms with Crippen LogP contribution < -0.4 is 15.4 Å². The van der Waals surface area contributed by atoms with Crippen molar-refractivity contribution < 1.29 is 18.7 Å². The fraction of sp³-hybridized carbons (Fsp3) is 0.636. The van der Waals surface area contributed by atoms with Crippen molar-refractivity contribution in [3.05, 3.63) is 29.6 Å². The van der Waals surface area contributed by atoms with Crippen LogP contribution in [0, 0.1) is 5.82 Å². The maximum Gasteiger partial charge on any atom is 0.317 e. The first-order valence-electron chi connectivity index (χ1n) is 11.1.